The third-order valence-corrected chi connectivity index (χ3v) is 3.53. The molecule has 0 fully saturated rings. The van der Waals surface area contributed by atoms with Gasteiger partial charge in [0.2, 0.25) is 0 Å². The summed E-state index contributed by atoms with van der Waals surface area (Å²) in [5.74, 6) is 1.18. The van der Waals surface area contributed by atoms with Crippen molar-refractivity contribution in [2.45, 2.75) is 11.8 Å². The lowest BCUT2D eigenvalue weighted by Crippen LogP contribution is -1.97. The van der Waals surface area contributed by atoms with Crippen molar-refractivity contribution in [3.8, 4) is 5.75 Å². The molecule has 1 aromatic heterocycles. The van der Waals surface area contributed by atoms with Gasteiger partial charge in [0.05, 0.1) is 18.2 Å². The molecule has 0 saturated heterocycles. The molecule has 0 aliphatic heterocycles. The maximum Gasteiger partial charge on any atom is 0.123 e. The Kier molecular flexibility index (Phi) is 3.52. The summed E-state index contributed by atoms with van der Waals surface area (Å²) in [6.45, 7) is 1.87. The van der Waals surface area contributed by atoms with Crippen LogP contribution in [0.15, 0.2) is 34.9 Å². The lowest BCUT2D eigenvalue weighted by Gasteiger charge is -2.12. The second kappa shape index (κ2) is 4.92. The third kappa shape index (κ3) is 2.52. The molecule has 0 spiro atoms. The van der Waals surface area contributed by atoms with Crippen LogP contribution in [0.2, 0.25) is 0 Å². The zero-order valence-electron chi connectivity index (χ0n) is 9.54. The van der Waals surface area contributed by atoms with E-state index in [0.717, 1.165) is 16.9 Å². The lowest BCUT2D eigenvalue weighted by atomic mass is 10.1. The summed E-state index contributed by atoms with van der Waals surface area (Å²) in [4.78, 5) is -0.148. The number of hydrogen-bond donors (Lipinski definition) is 0. The van der Waals surface area contributed by atoms with Gasteiger partial charge in [0.1, 0.15) is 17.3 Å². The molecular weight excluding hydrogens is 287 g/mol. The largest absolute Gasteiger partial charge is 0.496 e. The first-order valence-electron chi connectivity index (χ1n) is 5.14. The molecule has 1 atom stereocenters. The number of furan rings is 1. The number of alkyl halides is 1. The predicted octanol–water partition coefficient (Wildman–Crippen LogP) is 4.22. The predicted molar refractivity (Wildman–Crippen MR) is 67.2 cm³/mol. The molecule has 0 amide bonds. The molecule has 2 rings (SSSR count). The third-order valence-electron chi connectivity index (χ3n) is 2.51. The van der Waals surface area contributed by atoms with E-state index in [1.807, 2.05) is 13.0 Å². The zero-order valence-corrected chi connectivity index (χ0v) is 11.1. The van der Waals surface area contributed by atoms with Crippen molar-refractivity contribution >= 4 is 15.9 Å². The molecule has 90 valence electrons. The normalized spacial score (nSPS) is 12.5. The van der Waals surface area contributed by atoms with Gasteiger partial charge in [0.25, 0.3) is 0 Å². The summed E-state index contributed by atoms with van der Waals surface area (Å²) in [7, 11) is 1.57. The molecule has 1 aromatic carbocycles. The molecule has 0 aliphatic rings. The van der Waals surface area contributed by atoms with E-state index >= 15 is 0 Å². The molecule has 0 aliphatic carbocycles. The average Bonchev–Trinajstić information content (AvgIpc) is 2.75. The van der Waals surface area contributed by atoms with Gasteiger partial charge in [-0.25, -0.2) is 4.39 Å². The van der Waals surface area contributed by atoms with E-state index in [1.165, 1.54) is 12.1 Å². The fraction of sp³-hybridized carbons (Fsp3) is 0.231. The second-order valence-electron chi connectivity index (χ2n) is 3.74. The Bertz CT molecular complexity index is 522. The van der Waals surface area contributed by atoms with E-state index in [1.54, 1.807) is 19.4 Å². The monoisotopic (exact) mass is 298 g/mol. The van der Waals surface area contributed by atoms with Crippen molar-refractivity contribution in [3.05, 3.63) is 53.2 Å². The molecule has 0 radical (unpaired) electrons. The average molecular weight is 299 g/mol. The van der Waals surface area contributed by atoms with Crippen LogP contribution in [-0.4, -0.2) is 7.11 Å². The molecule has 0 N–H and O–H groups in total. The minimum absolute atomic E-state index is 0.148. The van der Waals surface area contributed by atoms with Crippen LogP contribution in [0.1, 0.15) is 21.7 Å². The van der Waals surface area contributed by atoms with Gasteiger partial charge < -0.3 is 9.15 Å². The highest BCUT2D eigenvalue weighted by Gasteiger charge is 2.17. The Labute approximate surface area is 108 Å². The summed E-state index contributed by atoms with van der Waals surface area (Å²) >= 11 is 3.53. The van der Waals surface area contributed by atoms with Crippen LogP contribution < -0.4 is 4.74 Å². The van der Waals surface area contributed by atoms with Crippen molar-refractivity contribution < 1.29 is 13.5 Å². The highest BCUT2D eigenvalue weighted by Crippen LogP contribution is 2.37. The number of rotatable bonds is 3. The van der Waals surface area contributed by atoms with E-state index in [2.05, 4.69) is 15.9 Å². The van der Waals surface area contributed by atoms with Gasteiger partial charge in [-0.15, -0.1) is 0 Å². The SMILES string of the molecule is COc1ccc(F)cc1C(Br)c1coc(C)c1. The molecule has 17 heavy (non-hydrogen) atoms. The summed E-state index contributed by atoms with van der Waals surface area (Å²) in [6, 6.07) is 6.36. The maximum atomic E-state index is 13.3. The van der Waals surface area contributed by atoms with Gasteiger partial charge in [-0.3, -0.25) is 0 Å². The number of aryl methyl sites for hydroxylation is 1. The topological polar surface area (TPSA) is 22.4 Å². The van der Waals surface area contributed by atoms with E-state index in [0.29, 0.717) is 5.75 Å². The second-order valence-corrected chi connectivity index (χ2v) is 4.66. The smallest absolute Gasteiger partial charge is 0.123 e. The fourth-order valence-corrected chi connectivity index (χ4v) is 2.28. The molecule has 2 aromatic rings. The molecule has 2 nitrogen and oxygen atoms in total. The minimum Gasteiger partial charge on any atom is -0.496 e. The molecule has 1 unspecified atom stereocenters. The van der Waals surface area contributed by atoms with Crippen molar-refractivity contribution in [2.24, 2.45) is 0 Å². The Morgan fingerprint density at radius 1 is 1.35 bits per heavy atom. The van der Waals surface area contributed by atoms with Crippen LogP contribution in [0, 0.1) is 12.7 Å². The Hall–Kier alpha value is -1.29. The summed E-state index contributed by atoms with van der Waals surface area (Å²) in [5, 5.41) is 0. The van der Waals surface area contributed by atoms with E-state index in [9.17, 15) is 4.39 Å². The van der Waals surface area contributed by atoms with Gasteiger partial charge in [0, 0.05) is 11.1 Å². The highest BCUT2D eigenvalue weighted by molar-refractivity contribution is 9.09. The number of ether oxygens (including phenoxy) is 1. The van der Waals surface area contributed by atoms with Crippen LogP contribution in [0.25, 0.3) is 0 Å². The number of methoxy groups -OCH3 is 1. The molecule has 0 saturated carbocycles. The Balaban J connectivity index is 2.42. The van der Waals surface area contributed by atoms with Crippen LogP contribution in [0.4, 0.5) is 4.39 Å². The molecule has 4 heteroatoms. The zero-order chi connectivity index (χ0) is 12.4. The van der Waals surface area contributed by atoms with E-state index in [4.69, 9.17) is 9.15 Å². The number of benzene rings is 1. The van der Waals surface area contributed by atoms with Crippen molar-refractivity contribution in [3.63, 3.8) is 0 Å². The summed E-state index contributed by atoms with van der Waals surface area (Å²) in [6.07, 6.45) is 1.65. The first-order chi connectivity index (χ1) is 8.11. The van der Waals surface area contributed by atoms with Crippen LogP contribution in [0.3, 0.4) is 0 Å². The van der Waals surface area contributed by atoms with E-state index < -0.39 is 0 Å². The molecule has 1 heterocycles. The van der Waals surface area contributed by atoms with Gasteiger partial charge in [-0.1, -0.05) is 15.9 Å². The molecular formula is C13H12BrFO2. The van der Waals surface area contributed by atoms with Crippen LogP contribution in [-0.2, 0) is 0 Å². The standard InChI is InChI=1S/C13H12BrFO2/c1-8-5-9(7-17-8)13(14)11-6-10(15)3-4-12(11)16-2/h3-7,13H,1-2H3. The highest BCUT2D eigenvalue weighted by atomic mass is 79.9. The van der Waals surface area contributed by atoms with Gasteiger partial charge in [-0.2, -0.15) is 0 Å². The summed E-state index contributed by atoms with van der Waals surface area (Å²) in [5.41, 5.74) is 1.68. The molecule has 0 bridgehead atoms. The minimum atomic E-state index is -0.287. The van der Waals surface area contributed by atoms with Gasteiger partial charge in [-0.05, 0) is 31.2 Å². The fourth-order valence-electron chi connectivity index (χ4n) is 1.68. The van der Waals surface area contributed by atoms with Crippen molar-refractivity contribution in [2.75, 3.05) is 7.11 Å². The lowest BCUT2D eigenvalue weighted by molar-refractivity contribution is 0.409. The van der Waals surface area contributed by atoms with E-state index in [-0.39, 0.29) is 10.6 Å². The number of hydrogen-bond acceptors (Lipinski definition) is 2. The quantitative estimate of drug-likeness (QED) is 0.792. The Morgan fingerprint density at radius 2 is 2.12 bits per heavy atom. The van der Waals surface area contributed by atoms with Crippen molar-refractivity contribution in [1.29, 1.82) is 0 Å². The summed E-state index contributed by atoms with van der Waals surface area (Å²) < 4.78 is 23.7. The first-order valence-corrected chi connectivity index (χ1v) is 6.06. The Morgan fingerprint density at radius 3 is 2.71 bits per heavy atom. The van der Waals surface area contributed by atoms with Crippen molar-refractivity contribution in [1.82, 2.24) is 0 Å². The first kappa shape index (κ1) is 12.2. The van der Waals surface area contributed by atoms with Crippen LogP contribution >= 0.6 is 15.9 Å². The van der Waals surface area contributed by atoms with Crippen LogP contribution in [0.5, 0.6) is 5.75 Å². The number of halogens is 2. The van der Waals surface area contributed by atoms with Gasteiger partial charge in [0.15, 0.2) is 0 Å². The maximum absolute atomic E-state index is 13.3. The van der Waals surface area contributed by atoms with Gasteiger partial charge >= 0.3 is 0 Å².